The lowest BCUT2D eigenvalue weighted by atomic mass is 9.96. The highest BCUT2D eigenvalue weighted by atomic mass is 19.4. The summed E-state index contributed by atoms with van der Waals surface area (Å²) in [6.07, 6.45) is -2.65. The number of nitriles is 1. The first-order valence-corrected chi connectivity index (χ1v) is 10.1. The molecule has 1 heterocycles. The number of alkyl halides is 3. The van der Waals surface area contributed by atoms with Crippen LogP contribution < -0.4 is 0 Å². The van der Waals surface area contributed by atoms with Crippen LogP contribution in [0.1, 0.15) is 41.4 Å². The zero-order valence-electron chi connectivity index (χ0n) is 17.5. The number of hydrogen-bond donors (Lipinski definition) is 0. The number of nitrogens with zero attached hydrogens (tertiary/aromatic N) is 3. The van der Waals surface area contributed by atoms with E-state index in [0.29, 0.717) is 36.2 Å². The van der Waals surface area contributed by atoms with Gasteiger partial charge in [0, 0.05) is 24.8 Å². The van der Waals surface area contributed by atoms with Gasteiger partial charge in [-0.05, 0) is 29.2 Å². The highest BCUT2D eigenvalue weighted by Gasteiger charge is 2.31. The maximum Gasteiger partial charge on any atom is 0.408 e. The SMILES string of the molecule is CCCc1c(Cc2ccc(-c3ccccc3C#N)cc2)c(COC)nn1CC(F)(F)F. The van der Waals surface area contributed by atoms with Gasteiger partial charge in [0.1, 0.15) is 6.54 Å². The quantitative estimate of drug-likeness (QED) is 0.465. The van der Waals surface area contributed by atoms with Crippen molar-refractivity contribution in [2.45, 2.75) is 45.5 Å². The number of hydrogen-bond acceptors (Lipinski definition) is 3. The summed E-state index contributed by atoms with van der Waals surface area (Å²) in [5.74, 6) is 0. The Labute approximate surface area is 179 Å². The van der Waals surface area contributed by atoms with Crippen LogP contribution in [0.2, 0.25) is 0 Å². The number of halogens is 3. The summed E-state index contributed by atoms with van der Waals surface area (Å²) in [6.45, 7) is 0.986. The van der Waals surface area contributed by atoms with Crippen molar-refractivity contribution in [2.24, 2.45) is 0 Å². The molecule has 0 bridgehead atoms. The highest BCUT2D eigenvalue weighted by Crippen LogP contribution is 2.27. The Kier molecular flexibility index (Phi) is 7.13. The number of methoxy groups -OCH3 is 1. The molecule has 4 nitrogen and oxygen atoms in total. The first-order valence-electron chi connectivity index (χ1n) is 10.1. The van der Waals surface area contributed by atoms with E-state index in [1.54, 1.807) is 6.07 Å². The fraction of sp³-hybridized carbons (Fsp3) is 0.333. The van der Waals surface area contributed by atoms with Gasteiger partial charge in [-0.1, -0.05) is 55.8 Å². The second kappa shape index (κ2) is 9.80. The Morgan fingerprint density at radius 3 is 2.42 bits per heavy atom. The van der Waals surface area contributed by atoms with E-state index >= 15 is 0 Å². The molecule has 0 spiro atoms. The molecule has 0 aliphatic heterocycles. The molecule has 0 atom stereocenters. The fourth-order valence-corrected chi connectivity index (χ4v) is 3.70. The van der Waals surface area contributed by atoms with Crippen LogP contribution in [0.15, 0.2) is 48.5 Å². The monoisotopic (exact) mass is 427 g/mol. The zero-order valence-corrected chi connectivity index (χ0v) is 17.5. The number of ether oxygens (including phenoxy) is 1. The van der Waals surface area contributed by atoms with Crippen molar-refractivity contribution >= 4 is 0 Å². The third-order valence-corrected chi connectivity index (χ3v) is 5.04. The maximum atomic E-state index is 13.1. The standard InChI is InChI=1S/C24H24F3N3O/c1-3-6-23-21(22(15-31-2)29-30(23)16-24(25,26)27)13-17-9-11-18(12-10-17)20-8-5-4-7-19(20)14-28/h4-5,7-12H,3,6,13,15-16H2,1-2H3. The lowest BCUT2D eigenvalue weighted by Crippen LogP contribution is -2.20. The summed E-state index contributed by atoms with van der Waals surface area (Å²) in [6, 6.07) is 17.3. The molecule has 3 aromatic rings. The number of benzene rings is 2. The molecule has 162 valence electrons. The molecule has 0 N–H and O–H groups in total. The van der Waals surface area contributed by atoms with E-state index in [4.69, 9.17) is 4.74 Å². The van der Waals surface area contributed by atoms with Crippen molar-refractivity contribution in [1.82, 2.24) is 9.78 Å². The van der Waals surface area contributed by atoms with Crippen molar-refractivity contribution in [1.29, 1.82) is 5.26 Å². The van der Waals surface area contributed by atoms with Gasteiger partial charge in [-0.3, -0.25) is 4.68 Å². The molecular formula is C24H24F3N3O. The Morgan fingerprint density at radius 2 is 1.81 bits per heavy atom. The normalized spacial score (nSPS) is 11.5. The van der Waals surface area contributed by atoms with Crippen LogP contribution in [-0.4, -0.2) is 23.1 Å². The van der Waals surface area contributed by atoms with Crippen LogP contribution in [-0.2, 0) is 30.7 Å². The van der Waals surface area contributed by atoms with E-state index in [1.165, 1.54) is 7.11 Å². The molecule has 0 unspecified atom stereocenters. The minimum Gasteiger partial charge on any atom is -0.378 e. The number of aromatic nitrogens is 2. The molecule has 0 radical (unpaired) electrons. The lowest BCUT2D eigenvalue weighted by Gasteiger charge is -2.12. The van der Waals surface area contributed by atoms with Crippen molar-refractivity contribution in [2.75, 3.05) is 7.11 Å². The lowest BCUT2D eigenvalue weighted by molar-refractivity contribution is -0.143. The van der Waals surface area contributed by atoms with Crippen LogP contribution in [0, 0.1) is 11.3 Å². The van der Waals surface area contributed by atoms with Crippen molar-refractivity contribution in [3.63, 3.8) is 0 Å². The molecule has 2 aromatic carbocycles. The van der Waals surface area contributed by atoms with Crippen LogP contribution >= 0.6 is 0 Å². The third-order valence-electron chi connectivity index (χ3n) is 5.04. The summed E-state index contributed by atoms with van der Waals surface area (Å²) in [4.78, 5) is 0. The molecule has 0 saturated heterocycles. The van der Waals surface area contributed by atoms with E-state index in [9.17, 15) is 18.4 Å². The molecule has 0 aliphatic rings. The Morgan fingerprint density at radius 1 is 1.10 bits per heavy atom. The van der Waals surface area contributed by atoms with Gasteiger partial charge in [-0.15, -0.1) is 0 Å². The van der Waals surface area contributed by atoms with Gasteiger partial charge in [-0.25, -0.2) is 0 Å². The predicted octanol–water partition coefficient (Wildman–Crippen LogP) is 5.67. The van der Waals surface area contributed by atoms with Crippen LogP contribution in [0.25, 0.3) is 11.1 Å². The average Bonchev–Trinajstić information content (AvgIpc) is 3.03. The molecule has 31 heavy (non-hydrogen) atoms. The highest BCUT2D eigenvalue weighted by molar-refractivity contribution is 5.70. The van der Waals surface area contributed by atoms with Gasteiger partial charge in [0.05, 0.1) is 23.9 Å². The molecule has 1 aromatic heterocycles. The van der Waals surface area contributed by atoms with Gasteiger partial charge in [0.15, 0.2) is 0 Å². The van der Waals surface area contributed by atoms with E-state index in [1.807, 2.05) is 49.4 Å². The van der Waals surface area contributed by atoms with E-state index in [0.717, 1.165) is 26.9 Å². The minimum atomic E-state index is -4.34. The summed E-state index contributed by atoms with van der Waals surface area (Å²) in [7, 11) is 1.51. The van der Waals surface area contributed by atoms with Crippen molar-refractivity contribution < 1.29 is 17.9 Å². The van der Waals surface area contributed by atoms with Crippen LogP contribution in [0.4, 0.5) is 13.2 Å². The topological polar surface area (TPSA) is 50.8 Å². The van der Waals surface area contributed by atoms with Crippen molar-refractivity contribution in [3.05, 3.63) is 76.6 Å². The van der Waals surface area contributed by atoms with Crippen molar-refractivity contribution in [3.8, 4) is 17.2 Å². The van der Waals surface area contributed by atoms with Gasteiger partial charge in [0.2, 0.25) is 0 Å². The smallest absolute Gasteiger partial charge is 0.378 e. The molecule has 0 amide bonds. The second-order valence-electron chi connectivity index (χ2n) is 7.36. The Balaban J connectivity index is 1.94. The van der Waals surface area contributed by atoms with Gasteiger partial charge >= 0.3 is 6.18 Å². The van der Waals surface area contributed by atoms with Crippen LogP contribution in [0.3, 0.4) is 0 Å². The second-order valence-corrected chi connectivity index (χ2v) is 7.36. The van der Waals surface area contributed by atoms with Gasteiger partial charge in [0.25, 0.3) is 0 Å². The van der Waals surface area contributed by atoms with Crippen LogP contribution in [0.5, 0.6) is 0 Å². The zero-order chi connectivity index (χ0) is 22.4. The summed E-state index contributed by atoms with van der Waals surface area (Å²) < 4.78 is 45.5. The molecule has 0 aliphatic carbocycles. The maximum absolute atomic E-state index is 13.1. The third kappa shape index (κ3) is 5.53. The summed E-state index contributed by atoms with van der Waals surface area (Å²) in [5.41, 5.74) is 5.25. The Bertz CT molecular complexity index is 1060. The number of rotatable bonds is 8. The average molecular weight is 427 g/mol. The molecule has 0 saturated carbocycles. The predicted molar refractivity (Wildman–Crippen MR) is 112 cm³/mol. The summed E-state index contributed by atoms with van der Waals surface area (Å²) in [5, 5.41) is 13.5. The van der Waals surface area contributed by atoms with E-state index in [2.05, 4.69) is 11.2 Å². The first-order chi connectivity index (χ1) is 14.9. The first kappa shape index (κ1) is 22.6. The molecule has 3 rings (SSSR count). The van der Waals surface area contributed by atoms with Gasteiger partial charge in [-0.2, -0.15) is 23.5 Å². The minimum absolute atomic E-state index is 0.157. The van der Waals surface area contributed by atoms with E-state index < -0.39 is 12.7 Å². The van der Waals surface area contributed by atoms with Gasteiger partial charge < -0.3 is 4.74 Å². The molecule has 0 fully saturated rings. The fourth-order valence-electron chi connectivity index (χ4n) is 3.70. The van der Waals surface area contributed by atoms with E-state index in [-0.39, 0.29) is 6.61 Å². The molecular weight excluding hydrogens is 403 g/mol. The Hall–Kier alpha value is -3.11. The molecule has 7 heteroatoms. The largest absolute Gasteiger partial charge is 0.408 e. The summed E-state index contributed by atoms with van der Waals surface area (Å²) >= 11 is 0.